The Labute approximate surface area is 151 Å². The van der Waals surface area contributed by atoms with Gasteiger partial charge in [-0.2, -0.15) is 0 Å². The average molecular weight is 355 g/mol. The summed E-state index contributed by atoms with van der Waals surface area (Å²) >= 11 is 0. The van der Waals surface area contributed by atoms with Gasteiger partial charge in [-0.05, 0) is 53.0 Å². The van der Waals surface area contributed by atoms with Gasteiger partial charge in [-0.25, -0.2) is 4.79 Å². The van der Waals surface area contributed by atoms with Crippen LogP contribution in [-0.2, 0) is 14.3 Å². The lowest BCUT2D eigenvalue weighted by atomic mass is 9.96. The van der Waals surface area contributed by atoms with E-state index in [-0.39, 0.29) is 18.0 Å². The summed E-state index contributed by atoms with van der Waals surface area (Å²) in [5, 5.41) is 3.36. The van der Waals surface area contributed by atoms with E-state index in [1.54, 1.807) is 4.90 Å². The topological polar surface area (TPSA) is 71.1 Å². The Balaban J connectivity index is 1.67. The van der Waals surface area contributed by atoms with Crippen LogP contribution >= 0.6 is 0 Å². The van der Waals surface area contributed by atoms with Gasteiger partial charge in [0.1, 0.15) is 5.60 Å². The van der Waals surface area contributed by atoms with E-state index in [0.717, 1.165) is 19.4 Å². The van der Waals surface area contributed by atoms with Crippen LogP contribution in [0.3, 0.4) is 0 Å². The molecule has 2 rings (SSSR count). The smallest absolute Gasteiger partial charge is 0.410 e. The second kappa shape index (κ2) is 8.85. The normalized spacial score (nSPS) is 21.1. The first-order valence-electron chi connectivity index (χ1n) is 9.34. The van der Waals surface area contributed by atoms with Gasteiger partial charge in [-0.3, -0.25) is 4.79 Å². The van der Waals surface area contributed by atoms with Gasteiger partial charge in [0, 0.05) is 26.2 Å². The first-order valence-corrected chi connectivity index (χ1v) is 9.34. The van der Waals surface area contributed by atoms with E-state index in [2.05, 4.69) is 5.32 Å². The molecule has 7 nitrogen and oxygen atoms in total. The molecule has 2 fully saturated rings. The first kappa shape index (κ1) is 20.0. The molecule has 25 heavy (non-hydrogen) atoms. The van der Waals surface area contributed by atoms with Gasteiger partial charge >= 0.3 is 6.09 Å². The molecule has 2 saturated heterocycles. The van der Waals surface area contributed by atoms with Crippen LogP contribution in [0, 0.1) is 5.92 Å². The van der Waals surface area contributed by atoms with Crippen molar-refractivity contribution in [2.24, 2.45) is 5.92 Å². The molecule has 2 aliphatic heterocycles. The zero-order chi connectivity index (χ0) is 18.4. The minimum Gasteiger partial charge on any atom is -0.444 e. The summed E-state index contributed by atoms with van der Waals surface area (Å²) in [4.78, 5) is 28.1. The van der Waals surface area contributed by atoms with Crippen LogP contribution in [0.2, 0.25) is 0 Å². The van der Waals surface area contributed by atoms with Gasteiger partial charge in [-0.1, -0.05) is 0 Å². The molecule has 0 aliphatic carbocycles. The third kappa shape index (κ3) is 6.47. The molecule has 0 aromatic heterocycles. The van der Waals surface area contributed by atoms with Crippen LogP contribution in [0.1, 0.15) is 40.5 Å². The maximum atomic E-state index is 12.4. The van der Waals surface area contributed by atoms with Crippen molar-refractivity contribution in [3.63, 3.8) is 0 Å². The Morgan fingerprint density at radius 3 is 2.28 bits per heavy atom. The summed E-state index contributed by atoms with van der Waals surface area (Å²) in [7, 11) is 0. The highest BCUT2D eigenvalue weighted by Gasteiger charge is 2.28. The number of amides is 2. The van der Waals surface area contributed by atoms with Gasteiger partial charge in [-0.15, -0.1) is 0 Å². The fraction of sp³-hybridized carbons (Fsp3) is 0.889. The van der Waals surface area contributed by atoms with Crippen molar-refractivity contribution in [3.05, 3.63) is 0 Å². The van der Waals surface area contributed by atoms with Crippen molar-refractivity contribution in [1.82, 2.24) is 15.1 Å². The summed E-state index contributed by atoms with van der Waals surface area (Å²) in [6, 6.07) is -0.179. The Bertz CT molecular complexity index is 450. The van der Waals surface area contributed by atoms with Crippen molar-refractivity contribution in [2.75, 3.05) is 45.9 Å². The maximum absolute atomic E-state index is 12.4. The second-order valence-corrected chi connectivity index (χ2v) is 7.98. The molecule has 2 heterocycles. The van der Waals surface area contributed by atoms with Crippen LogP contribution in [0.4, 0.5) is 4.79 Å². The van der Waals surface area contributed by atoms with Crippen LogP contribution < -0.4 is 5.32 Å². The van der Waals surface area contributed by atoms with Crippen LogP contribution in [0.5, 0.6) is 0 Å². The zero-order valence-corrected chi connectivity index (χ0v) is 16.0. The van der Waals surface area contributed by atoms with Crippen molar-refractivity contribution in [3.8, 4) is 0 Å². The maximum Gasteiger partial charge on any atom is 0.410 e. The summed E-state index contributed by atoms with van der Waals surface area (Å²) in [5.41, 5.74) is -0.454. The molecule has 1 atom stereocenters. The lowest BCUT2D eigenvalue weighted by Crippen LogP contribution is -2.50. The Hall–Kier alpha value is -1.34. The predicted octanol–water partition coefficient (Wildman–Crippen LogP) is 1.47. The molecular weight excluding hydrogens is 322 g/mol. The Kier molecular flexibility index (Phi) is 7.07. The quantitative estimate of drug-likeness (QED) is 0.827. The van der Waals surface area contributed by atoms with Crippen molar-refractivity contribution in [1.29, 1.82) is 0 Å². The average Bonchev–Trinajstić information content (AvgIpc) is 2.58. The number of likely N-dealkylation sites (tertiary alicyclic amines) is 1. The molecule has 7 heteroatoms. The predicted molar refractivity (Wildman–Crippen MR) is 95.4 cm³/mol. The van der Waals surface area contributed by atoms with E-state index < -0.39 is 5.60 Å². The number of hydrogen-bond acceptors (Lipinski definition) is 5. The molecule has 1 N–H and O–H groups in total. The fourth-order valence-electron chi connectivity index (χ4n) is 3.13. The molecule has 2 aliphatic rings. The summed E-state index contributed by atoms with van der Waals surface area (Å²) < 4.78 is 10.7. The van der Waals surface area contributed by atoms with E-state index in [0.29, 0.717) is 45.3 Å². The second-order valence-electron chi connectivity index (χ2n) is 7.98. The van der Waals surface area contributed by atoms with Gasteiger partial charge in [0.15, 0.2) is 0 Å². The van der Waals surface area contributed by atoms with Crippen LogP contribution in [-0.4, -0.2) is 79.4 Å². The zero-order valence-electron chi connectivity index (χ0n) is 16.0. The monoisotopic (exact) mass is 355 g/mol. The van der Waals surface area contributed by atoms with Gasteiger partial charge in [0.05, 0.1) is 19.3 Å². The van der Waals surface area contributed by atoms with Crippen molar-refractivity contribution < 1.29 is 19.1 Å². The Morgan fingerprint density at radius 2 is 1.72 bits per heavy atom. The van der Waals surface area contributed by atoms with Gasteiger partial charge in [0.2, 0.25) is 5.91 Å². The highest BCUT2D eigenvalue weighted by molar-refractivity contribution is 5.81. The third-order valence-corrected chi connectivity index (χ3v) is 4.67. The highest BCUT2D eigenvalue weighted by Crippen LogP contribution is 2.19. The standard InChI is InChI=1S/C18H33N3O4/c1-14(16(22)20-9-11-24-12-10-20)19-13-15-5-7-21(8-6-15)17(23)25-18(2,3)4/h14-15,19H,5-13H2,1-4H3. The number of morpholine rings is 1. The summed E-state index contributed by atoms with van der Waals surface area (Å²) in [5.74, 6) is 0.633. The number of piperidine rings is 1. The molecule has 0 aromatic carbocycles. The minimum absolute atomic E-state index is 0.148. The third-order valence-electron chi connectivity index (χ3n) is 4.67. The molecule has 1 unspecified atom stereocenters. The van der Waals surface area contributed by atoms with Crippen LogP contribution in [0.15, 0.2) is 0 Å². The molecule has 2 amide bonds. The summed E-state index contributed by atoms with van der Waals surface area (Å²) in [6.07, 6.45) is 1.64. The number of rotatable bonds is 4. The molecule has 0 bridgehead atoms. The number of carbonyl (C=O) groups excluding carboxylic acids is 2. The summed E-state index contributed by atoms with van der Waals surface area (Å²) in [6.45, 7) is 12.4. The SMILES string of the molecule is CC(NCC1CCN(C(=O)OC(C)(C)C)CC1)C(=O)N1CCOCC1. The van der Waals surface area contributed by atoms with Crippen molar-refractivity contribution in [2.45, 2.75) is 52.2 Å². The molecular formula is C18H33N3O4. The van der Waals surface area contributed by atoms with Gasteiger partial charge in [0.25, 0.3) is 0 Å². The number of nitrogens with one attached hydrogen (secondary N) is 1. The molecule has 0 aromatic rings. The molecule has 0 spiro atoms. The van der Waals surface area contributed by atoms with E-state index in [4.69, 9.17) is 9.47 Å². The van der Waals surface area contributed by atoms with Crippen LogP contribution in [0.25, 0.3) is 0 Å². The lowest BCUT2D eigenvalue weighted by molar-refractivity contribution is -0.137. The molecule has 0 saturated carbocycles. The number of hydrogen-bond donors (Lipinski definition) is 1. The fourth-order valence-corrected chi connectivity index (χ4v) is 3.13. The van der Waals surface area contributed by atoms with E-state index in [1.165, 1.54) is 0 Å². The van der Waals surface area contributed by atoms with E-state index >= 15 is 0 Å². The van der Waals surface area contributed by atoms with E-state index in [1.807, 2.05) is 32.6 Å². The van der Waals surface area contributed by atoms with E-state index in [9.17, 15) is 9.59 Å². The number of nitrogens with zero attached hydrogens (tertiary/aromatic N) is 2. The molecule has 144 valence electrons. The largest absolute Gasteiger partial charge is 0.444 e. The minimum atomic E-state index is -0.454. The van der Waals surface area contributed by atoms with Gasteiger partial charge < -0.3 is 24.6 Å². The van der Waals surface area contributed by atoms with Crippen molar-refractivity contribution >= 4 is 12.0 Å². The Morgan fingerprint density at radius 1 is 1.12 bits per heavy atom. The lowest BCUT2D eigenvalue weighted by Gasteiger charge is -2.34. The highest BCUT2D eigenvalue weighted by atomic mass is 16.6. The number of carbonyl (C=O) groups is 2. The first-order chi connectivity index (χ1) is 11.8. The molecule has 0 radical (unpaired) electrons. The number of ether oxygens (including phenoxy) is 2.